The van der Waals surface area contributed by atoms with Crippen molar-refractivity contribution in [2.24, 2.45) is 0 Å². The molecule has 3 aromatic rings. The highest BCUT2D eigenvalue weighted by molar-refractivity contribution is 5.80. The maximum atomic E-state index is 13.1. The van der Waals surface area contributed by atoms with Crippen molar-refractivity contribution in [1.82, 2.24) is 25.1 Å². The predicted octanol–water partition coefficient (Wildman–Crippen LogP) is 2.68. The van der Waals surface area contributed by atoms with Crippen LogP contribution in [0.1, 0.15) is 17.2 Å². The molecular formula is C21H23N5O2. The van der Waals surface area contributed by atoms with Gasteiger partial charge in [0.25, 0.3) is 0 Å². The highest BCUT2D eigenvalue weighted by atomic mass is 16.5. The average molecular weight is 377 g/mol. The Labute approximate surface area is 164 Å². The van der Waals surface area contributed by atoms with E-state index in [0.717, 1.165) is 16.9 Å². The van der Waals surface area contributed by atoms with Crippen LogP contribution in [0.2, 0.25) is 0 Å². The molecule has 28 heavy (non-hydrogen) atoms. The summed E-state index contributed by atoms with van der Waals surface area (Å²) in [6, 6.07) is 17.0. The third-order valence-electron chi connectivity index (χ3n) is 4.33. The molecule has 1 heterocycles. The standard InChI is InChI=1S/C21H23N5O2/c1-3-13-28-19-11-9-18(10-12-19)15-25(2)21(27)20(26-16-22-23-24-26)14-17-7-5-4-6-8-17/h3-12,16,20H,1,13-15H2,2H3/t20-/m1/s1. The highest BCUT2D eigenvalue weighted by Gasteiger charge is 2.25. The molecule has 0 unspecified atom stereocenters. The Morgan fingerprint density at radius 2 is 1.93 bits per heavy atom. The molecule has 144 valence electrons. The first-order valence-electron chi connectivity index (χ1n) is 9.01. The molecule has 0 bridgehead atoms. The van der Waals surface area contributed by atoms with Crippen molar-refractivity contribution in [2.45, 2.75) is 19.0 Å². The number of carbonyl (C=O) groups is 1. The van der Waals surface area contributed by atoms with Gasteiger partial charge in [-0.3, -0.25) is 4.79 Å². The Hall–Kier alpha value is -3.48. The molecule has 0 N–H and O–H groups in total. The fourth-order valence-corrected chi connectivity index (χ4v) is 2.89. The summed E-state index contributed by atoms with van der Waals surface area (Å²) in [5, 5.41) is 11.3. The lowest BCUT2D eigenvalue weighted by Gasteiger charge is -2.24. The highest BCUT2D eigenvalue weighted by Crippen LogP contribution is 2.18. The van der Waals surface area contributed by atoms with Crippen LogP contribution in [-0.2, 0) is 17.8 Å². The van der Waals surface area contributed by atoms with E-state index >= 15 is 0 Å². The lowest BCUT2D eigenvalue weighted by molar-refractivity contribution is -0.134. The van der Waals surface area contributed by atoms with Gasteiger partial charge in [-0.25, -0.2) is 4.68 Å². The molecule has 2 aromatic carbocycles. The zero-order chi connectivity index (χ0) is 19.8. The summed E-state index contributed by atoms with van der Waals surface area (Å²) in [6.45, 7) is 4.58. The molecule has 0 aliphatic rings. The summed E-state index contributed by atoms with van der Waals surface area (Å²) < 4.78 is 7.00. The van der Waals surface area contributed by atoms with Crippen molar-refractivity contribution in [3.63, 3.8) is 0 Å². The fourth-order valence-electron chi connectivity index (χ4n) is 2.89. The van der Waals surface area contributed by atoms with E-state index in [-0.39, 0.29) is 5.91 Å². The first-order valence-corrected chi connectivity index (χ1v) is 9.01. The van der Waals surface area contributed by atoms with Crippen LogP contribution in [0.4, 0.5) is 0 Å². The number of carbonyl (C=O) groups excluding carboxylic acids is 1. The van der Waals surface area contributed by atoms with Crippen molar-refractivity contribution in [3.8, 4) is 5.75 Å². The topological polar surface area (TPSA) is 73.1 Å². The van der Waals surface area contributed by atoms with Gasteiger partial charge in [0.1, 0.15) is 24.7 Å². The molecule has 1 amide bonds. The molecule has 0 radical (unpaired) electrons. The summed E-state index contributed by atoms with van der Waals surface area (Å²) in [5.41, 5.74) is 2.06. The van der Waals surface area contributed by atoms with Gasteiger partial charge in [0.15, 0.2) is 0 Å². The van der Waals surface area contributed by atoms with Crippen molar-refractivity contribution in [3.05, 3.63) is 84.7 Å². The molecule has 0 spiro atoms. The molecular weight excluding hydrogens is 354 g/mol. The molecule has 1 atom stereocenters. The van der Waals surface area contributed by atoms with Crippen LogP contribution in [0.3, 0.4) is 0 Å². The van der Waals surface area contributed by atoms with E-state index in [1.54, 1.807) is 18.0 Å². The Morgan fingerprint density at radius 1 is 1.18 bits per heavy atom. The van der Waals surface area contributed by atoms with Gasteiger partial charge in [-0.05, 0) is 33.7 Å². The number of benzene rings is 2. The second-order valence-electron chi connectivity index (χ2n) is 6.43. The number of likely N-dealkylation sites (N-methyl/N-ethyl adjacent to an activating group) is 1. The van der Waals surface area contributed by atoms with E-state index in [0.29, 0.717) is 19.6 Å². The number of amides is 1. The molecule has 7 heteroatoms. The SMILES string of the molecule is C=CCOc1ccc(CN(C)C(=O)[C@@H](Cc2ccccc2)n2cnnn2)cc1. The zero-order valence-electron chi connectivity index (χ0n) is 15.8. The van der Waals surface area contributed by atoms with E-state index < -0.39 is 6.04 Å². The van der Waals surface area contributed by atoms with Crippen molar-refractivity contribution >= 4 is 5.91 Å². The second-order valence-corrected chi connectivity index (χ2v) is 6.43. The van der Waals surface area contributed by atoms with E-state index in [1.807, 2.05) is 54.6 Å². The first kappa shape index (κ1) is 19.3. The average Bonchev–Trinajstić information content (AvgIpc) is 3.26. The smallest absolute Gasteiger partial charge is 0.247 e. The van der Waals surface area contributed by atoms with Gasteiger partial charge in [-0.15, -0.1) is 5.10 Å². The number of ether oxygens (including phenoxy) is 1. The number of aromatic nitrogens is 4. The Bertz CT molecular complexity index is 879. The van der Waals surface area contributed by atoms with E-state index in [9.17, 15) is 4.79 Å². The summed E-state index contributed by atoms with van der Waals surface area (Å²) in [7, 11) is 1.78. The summed E-state index contributed by atoms with van der Waals surface area (Å²) in [6.07, 6.45) is 3.70. The summed E-state index contributed by atoms with van der Waals surface area (Å²) >= 11 is 0. The molecule has 0 fully saturated rings. The van der Waals surface area contributed by atoms with Crippen LogP contribution < -0.4 is 4.74 Å². The fraction of sp³-hybridized carbons (Fsp3) is 0.238. The molecule has 1 aromatic heterocycles. The Kier molecular flexibility index (Phi) is 6.51. The third kappa shape index (κ3) is 5.03. The largest absolute Gasteiger partial charge is 0.490 e. The van der Waals surface area contributed by atoms with Crippen molar-refractivity contribution in [2.75, 3.05) is 13.7 Å². The zero-order valence-corrected chi connectivity index (χ0v) is 15.8. The van der Waals surface area contributed by atoms with Crippen LogP contribution in [0.25, 0.3) is 0 Å². The van der Waals surface area contributed by atoms with Gasteiger partial charge < -0.3 is 9.64 Å². The number of tetrazole rings is 1. The van der Waals surface area contributed by atoms with Gasteiger partial charge in [0, 0.05) is 20.0 Å². The first-order chi connectivity index (χ1) is 13.7. The Morgan fingerprint density at radius 3 is 2.57 bits per heavy atom. The lowest BCUT2D eigenvalue weighted by Crippen LogP contribution is -2.35. The number of hydrogen-bond acceptors (Lipinski definition) is 5. The van der Waals surface area contributed by atoms with Gasteiger partial charge in [0.2, 0.25) is 5.91 Å². The molecule has 0 aliphatic carbocycles. The van der Waals surface area contributed by atoms with E-state index in [4.69, 9.17) is 4.74 Å². The normalized spacial score (nSPS) is 11.6. The van der Waals surface area contributed by atoms with Gasteiger partial charge in [-0.1, -0.05) is 55.1 Å². The Balaban J connectivity index is 1.70. The summed E-state index contributed by atoms with van der Waals surface area (Å²) in [4.78, 5) is 14.8. The minimum atomic E-state index is -0.502. The second kappa shape index (κ2) is 9.45. The lowest BCUT2D eigenvalue weighted by atomic mass is 10.0. The van der Waals surface area contributed by atoms with Gasteiger partial charge in [-0.2, -0.15) is 0 Å². The number of hydrogen-bond donors (Lipinski definition) is 0. The van der Waals surface area contributed by atoms with Crippen LogP contribution >= 0.6 is 0 Å². The van der Waals surface area contributed by atoms with Gasteiger partial charge in [0.05, 0.1) is 0 Å². The maximum Gasteiger partial charge on any atom is 0.247 e. The molecule has 0 saturated heterocycles. The van der Waals surface area contributed by atoms with Gasteiger partial charge >= 0.3 is 0 Å². The van der Waals surface area contributed by atoms with E-state index in [2.05, 4.69) is 22.1 Å². The monoisotopic (exact) mass is 377 g/mol. The quantitative estimate of drug-likeness (QED) is 0.536. The van der Waals surface area contributed by atoms with E-state index in [1.165, 1.54) is 11.0 Å². The molecule has 0 saturated carbocycles. The molecule has 7 nitrogen and oxygen atoms in total. The van der Waals surface area contributed by atoms with Crippen molar-refractivity contribution in [1.29, 1.82) is 0 Å². The summed E-state index contributed by atoms with van der Waals surface area (Å²) in [5.74, 6) is 0.719. The van der Waals surface area contributed by atoms with Crippen molar-refractivity contribution < 1.29 is 9.53 Å². The van der Waals surface area contributed by atoms with Crippen LogP contribution in [0.15, 0.2) is 73.6 Å². The minimum Gasteiger partial charge on any atom is -0.490 e. The predicted molar refractivity (Wildman–Crippen MR) is 106 cm³/mol. The van der Waals surface area contributed by atoms with Crippen LogP contribution in [0.5, 0.6) is 5.75 Å². The third-order valence-corrected chi connectivity index (χ3v) is 4.33. The maximum absolute atomic E-state index is 13.1. The minimum absolute atomic E-state index is 0.0527. The van der Waals surface area contributed by atoms with Crippen LogP contribution in [-0.4, -0.2) is 44.7 Å². The number of nitrogens with zero attached hydrogens (tertiary/aromatic N) is 5. The molecule has 3 rings (SSSR count). The van der Waals surface area contributed by atoms with Crippen LogP contribution in [0, 0.1) is 0 Å². The molecule has 0 aliphatic heterocycles. The number of rotatable bonds is 9.